The first kappa shape index (κ1) is 21.9. The van der Waals surface area contributed by atoms with Crippen LogP contribution in [0.15, 0.2) is 76.6 Å². The van der Waals surface area contributed by atoms with E-state index >= 15 is 0 Å². The largest absolute Gasteiger partial charge is 0.325 e. The second-order valence-corrected chi connectivity index (χ2v) is 8.38. The van der Waals surface area contributed by atoms with Gasteiger partial charge in [-0.1, -0.05) is 6.07 Å². The van der Waals surface area contributed by atoms with Crippen LogP contribution in [0.3, 0.4) is 0 Å². The van der Waals surface area contributed by atoms with E-state index in [0.717, 1.165) is 5.56 Å². The Balaban J connectivity index is 1.61. The van der Waals surface area contributed by atoms with Crippen molar-refractivity contribution in [2.75, 3.05) is 10.6 Å². The van der Waals surface area contributed by atoms with Crippen LogP contribution in [0.4, 0.5) is 11.4 Å². The number of amides is 2. The number of hydrogen-bond acceptors (Lipinski definition) is 5. The average molecular weight is 440 g/mol. The molecule has 160 valence electrons. The molecule has 0 atom stereocenters. The highest BCUT2D eigenvalue weighted by atomic mass is 32.2. The van der Waals surface area contributed by atoms with Crippen molar-refractivity contribution in [2.45, 2.75) is 18.4 Å². The Hall–Kier alpha value is -3.76. The second-order valence-electron chi connectivity index (χ2n) is 6.82. The van der Waals surface area contributed by atoms with Crippen LogP contribution in [0.2, 0.25) is 0 Å². The van der Waals surface area contributed by atoms with Gasteiger partial charge in [-0.25, -0.2) is 13.6 Å². The lowest BCUT2D eigenvalue weighted by atomic mass is 10.2. The summed E-state index contributed by atoms with van der Waals surface area (Å²) in [6.07, 6.45) is 1.60. The SMILES string of the molecule is Cc1ccc(=O)n(CC(=O)Nc2ccc(C(=O)Nc3ccc(S(N)(=O)=O)cc3)cc2)c1. The van der Waals surface area contributed by atoms with E-state index in [1.165, 1.54) is 47.0 Å². The molecule has 2 amide bonds. The van der Waals surface area contributed by atoms with E-state index < -0.39 is 15.9 Å². The zero-order valence-electron chi connectivity index (χ0n) is 16.5. The molecule has 0 aliphatic heterocycles. The third-order valence-corrected chi connectivity index (χ3v) is 5.25. The summed E-state index contributed by atoms with van der Waals surface area (Å²) < 4.78 is 23.9. The summed E-state index contributed by atoms with van der Waals surface area (Å²) in [4.78, 5) is 36.3. The third kappa shape index (κ3) is 5.87. The van der Waals surface area contributed by atoms with Gasteiger partial charge < -0.3 is 15.2 Å². The van der Waals surface area contributed by atoms with Crippen molar-refractivity contribution in [2.24, 2.45) is 5.14 Å². The molecule has 9 nitrogen and oxygen atoms in total. The maximum atomic E-state index is 12.4. The smallest absolute Gasteiger partial charge is 0.255 e. The van der Waals surface area contributed by atoms with Crippen LogP contribution in [0.1, 0.15) is 15.9 Å². The Morgan fingerprint density at radius 1 is 0.903 bits per heavy atom. The van der Waals surface area contributed by atoms with Gasteiger partial charge in [0.2, 0.25) is 15.9 Å². The molecule has 0 radical (unpaired) electrons. The molecule has 0 aliphatic rings. The molecule has 31 heavy (non-hydrogen) atoms. The highest BCUT2D eigenvalue weighted by Gasteiger charge is 2.10. The van der Waals surface area contributed by atoms with Gasteiger partial charge in [-0.3, -0.25) is 14.4 Å². The standard InChI is InChI=1S/C21H20N4O5S/c1-14-2-11-20(27)25(12-14)13-19(26)23-16-5-3-15(4-6-16)21(28)24-17-7-9-18(10-8-17)31(22,29)30/h2-12H,13H2,1H3,(H,23,26)(H,24,28)(H2,22,29,30). The fraction of sp³-hybridized carbons (Fsp3) is 0.0952. The zero-order valence-corrected chi connectivity index (χ0v) is 17.3. The van der Waals surface area contributed by atoms with Crippen molar-refractivity contribution < 1.29 is 18.0 Å². The number of hydrogen-bond donors (Lipinski definition) is 3. The van der Waals surface area contributed by atoms with Crippen molar-refractivity contribution in [1.82, 2.24) is 4.57 Å². The van der Waals surface area contributed by atoms with Crippen LogP contribution in [-0.2, 0) is 21.4 Å². The lowest BCUT2D eigenvalue weighted by Gasteiger charge is -2.09. The Kier molecular flexibility index (Phi) is 6.33. The number of aryl methyl sites for hydroxylation is 1. The number of anilines is 2. The predicted molar refractivity (Wildman–Crippen MR) is 116 cm³/mol. The zero-order chi connectivity index (χ0) is 22.6. The Morgan fingerprint density at radius 3 is 2.10 bits per heavy atom. The molecule has 3 rings (SSSR count). The van der Waals surface area contributed by atoms with Crippen molar-refractivity contribution in [3.8, 4) is 0 Å². The summed E-state index contributed by atoms with van der Waals surface area (Å²) >= 11 is 0. The summed E-state index contributed by atoms with van der Waals surface area (Å²) in [5.41, 5.74) is 1.80. The lowest BCUT2D eigenvalue weighted by molar-refractivity contribution is -0.116. The van der Waals surface area contributed by atoms with Gasteiger partial charge >= 0.3 is 0 Å². The number of pyridine rings is 1. The normalized spacial score (nSPS) is 11.0. The number of nitrogens with two attached hydrogens (primary N) is 1. The molecule has 0 unspecified atom stereocenters. The summed E-state index contributed by atoms with van der Waals surface area (Å²) in [7, 11) is -3.81. The number of rotatable bonds is 6. The van der Waals surface area contributed by atoms with Crippen molar-refractivity contribution in [3.05, 3.63) is 88.3 Å². The van der Waals surface area contributed by atoms with Gasteiger partial charge in [0.05, 0.1) is 4.90 Å². The second kappa shape index (κ2) is 8.94. The number of primary sulfonamides is 1. The number of aromatic nitrogens is 1. The van der Waals surface area contributed by atoms with E-state index in [1.807, 2.05) is 6.92 Å². The minimum atomic E-state index is -3.81. The summed E-state index contributed by atoms with van der Waals surface area (Å²) in [5.74, 6) is -0.785. The Bertz CT molecular complexity index is 1280. The molecule has 1 aromatic heterocycles. The summed E-state index contributed by atoms with van der Waals surface area (Å²) in [6, 6.07) is 14.7. The fourth-order valence-corrected chi connectivity index (χ4v) is 3.28. The topological polar surface area (TPSA) is 140 Å². The van der Waals surface area contributed by atoms with Crippen LogP contribution in [0, 0.1) is 6.92 Å². The summed E-state index contributed by atoms with van der Waals surface area (Å²) in [6.45, 7) is 1.70. The van der Waals surface area contributed by atoms with Crippen LogP contribution < -0.4 is 21.3 Å². The van der Waals surface area contributed by atoms with E-state index in [-0.39, 0.29) is 22.9 Å². The van der Waals surface area contributed by atoms with Gasteiger partial charge in [-0.15, -0.1) is 0 Å². The van der Waals surface area contributed by atoms with E-state index in [1.54, 1.807) is 24.4 Å². The van der Waals surface area contributed by atoms with E-state index in [9.17, 15) is 22.8 Å². The number of benzene rings is 2. The summed E-state index contributed by atoms with van der Waals surface area (Å²) in [5, 5.41) is 10.4. The maximum Gasteiger partial charge on any atom is 0.255 e. The number of nitrogens with one attached hydrogen (secondary N) is 2. The molecular formula is C21H20N4O5S. The minimum Gasteiger partial charge on any atom is -0.325 e. The monoisotopic (exact) mass is 440 g/mol. The molecule has 4 N–H and O–H groups in total. The Morgan fingerprint density at radius 2 is 1.48 bits per heavy atom. The molecule has 0 bridgehead atoms. The van der Waals surface area contributed by atoms with E-state index in [2.05, 4.69) is 10.6 Å². The number of carbonyl (C=O) groups excluding carboxylic acids is 2. The van der Waals surface area contributed by atoms with Gasteiger partial charge in [0.1, 0.15) is 6.54 Å². The molecular weight excluding hydrogens is 420 g/mol. The third-order valence-electron chi connectivity index (χ3n) is 4.32. The highest BCUT2D eigenvalue weighted by molar-refractivity contribution is 7.89. The van der Waals surface area contributed by atoms with Crippen LogP contribution in [-0.4, -0.2) is 24.8 Å². The van der Waals surface area contributed by atoms with E-state index in [0.29, 0.717) is 16.9 Å². The number of nitrogens with zero attached hydrogens (tertiary/aromatic N) is 1. The Labute approximate surface area is 178 Å². The van der Waals surface area contributed by atoms with Crippen molar-refractivity contribution >= 4 is 33.2 Å². The van der Waals surface area contributed by atoms with Gasteiger partial charge in [-0.2, -0.15) is 0 Å². The molecule has 2 aromatic carbocycles. The first-order chi connectivity index (χ1) is 14.6. The van der Waals surface area contributed by atoms with Gasteiger partial charge in [0.25, 0.3) is 11.5 Å². The fourth-order valence-electron chi connectivity index (χ4n) is 2.77. The quantitative estimate of drug-likeness (QED) is 0.535. The maximum absolute atomic E-state index is 12.4. The number of sulfonamides is 1. The first-order valence-corrected chi connectivity index (χ1v) is 10.7. The average Bonchev–Trinajstić information content (AvgIpc) is 2.71. The van der Waals surface area contributed by atoms with Crippen LogP contribution in [0.5, 0.6) is 0 Å². The molecule has 1 heterocycles. The first-order valence-electron chi connectivity index (χ1n) is 9.13. The molecule has 3 aromatic rings. The number of carbonyl (C=O) groups is 2. The van der Waals surface area contributed by atoms with E-state index in [4.69, 9.17) is 5.14 Å². The van der Waals surface area contributed by atoms with Crippen LogP contribution in [0.25, 0.3) is 0 Å². The molecule has 0 saturated heterocycles. The van der Waals surface area contributed by atoms with Crippen molar-refractivity contribution in [1.29, 1.82) is 0 Å². The molecule has 10 heteroatoms. The van der Waals surface area contributed by atoms with Gasteiger partial charge in [0.15, 0.2) is 0 Å². The minimum absolute atomic E-state index is 0.0569. The highest BCUT2D eigenvalue weighted by Crippen LogP contribution is 2.15. The van der Waals surface area contributed by atoms with Gasteiger partial charge in [0, 0.05) is 29.2 Å². The lowest BCUT2D eigenvalue weighted by Crippen LogP contribution is -2.26. The molecule has 0 saturated carbocycles. The van der Waals surface area contributed by atoms with Crippen molar-refractivity contribution in [3.63, 3.8) is 0 Å². The molecule has 0 aliphatic carbocycles. The predicted octanol–water partition coefficient (Wildman–Crippen LogP) is 1.70. The molecule has 0 fully saturated rings. The molecule has 0 spiro atoms. The van der Waals surface area contributed by atoms with Crippen LogP contribution >= 0.6 is 0 Å². The van der Waals surface area contributed by atoms with Gasteiger partial charge in [-0.05, 0) is 61.0 Å².